The molecule has 1 rings (SSSR count). The fourth-order valence-corrected chi connectivity index (χ4v) is 2.23. The first kappa shape index (κ1) is 7.77. The Bertz CT molecular complexity index is 248. The Hall–Kier alpha value is -0.330. The second-order valence-electron chi connectivity index (χ2n) is 1.85. The van der Waals surface area contributed by atoms with Crippen LogP contribution < -0.4 is 0 Å². The number of hydrogen-bond donors (Lipinski definition) is 0. The maximum absolute atomic E-state index is 8.30. The molecule has 0 bridgehead atoms. The fourth-order valence-electron chi connectivity index (χ4n) is 0.673. The van der Waals surface area contributed by atoms with Gasteiger partial charge in [-0.05, 0) is 33.8 Å². The van der Waals surface area contributed by atoms with Gasteiger partial charge in [-0.25, -0.2) is 0 Å². The van der Waals surface area contributed by atoms with Crippen LogP contribution in [0.25, 0.3) is 0 Å². The normalized spacial score (nSPS) is 9.20. The fraction of sp³-hybridized carbons (Fsp3) is 0.286. The lowest BCUT2D eigenvalue weighted by atomic mass is 10.3. The Balaban J connectivity index is 2.59. The number of nitrogens with zero attached hydrogens (tertiary/aromatic N) is 1. The molecule has 0 N–H and O–H groups in total. The highest BCUT2D eigenvalue weighted by Crippen LogP contribution is 2.23. The van der Waals surface area contributed by atoms with E-state index in [-0.39, 0.29) is 0 Å². The lowest BCUT2D eigenvalue weighted by Gasteiger charge is -1.89. The topological polar surface area (TPSA) is 23.8 Å². The molecule has 52 valence electrons. The summed E-state index contributed by atoms with van der Waals surface area (Å²) in [6.45, 7) is 0. The highest BCUT2D eigenvalue weighted by Gasteiger charge is 1.98. The van der Waals surface area contributed by atoms with Crippen LogP contribution in [0.1, 0.15) is 11.3 Å². The third kappa shape index (κ3) is 1.83. The van der Waals surface area contributed by atoms with Crippen molar-refractivity contribution in [1.82, 2.24) is 0 Å². The predicted molar refractivity (Wildman–Crippen MR) is 46.0 cm³/mol. The van der Waals surface area contributed by atoms with Crippen molar-refractivity contribution in [2.75, 3.05) is 0 Å². The Morgan fingerprint density at radius 2 is 2.50 bits per heavy atom. The summed E-state index contributed by atoms with van der Waals surface area (Å²) in [5.74, 6) is 0. The second-order valence-corrected chi connectivity index (χ2v) is 3.70. The molecule has 1 nitrogen and oxygen atoms in total. The molecule has 0 unspecified atom stereocenters. The van der Waals surface area contributed by atoms with Gasteiger partial charge in [0.25, 0.3) is 0 Å². The summed E-state index contributed by atoms with van der Waals surface area (Å²) in [5.41, 5.74) is 0. The van der Waals surface area contributed by atoms with E-state index in [9.17, 15) is 0 Å². The monoisotopic (exact) mass is 215 g/mol. The molecule has 0 aromatic carbocycles. The molecule has 0 aliphatic carbocycles. The summed E-state index contributed by atoms with van der Waals surface area (Å²) >= 11 is 5.09. The zero-order valence-corrected chi connectivity index (χ0v) is 7.70. The predicted octanol–water partition coefficient (Wildman–Crippen LogP) is 2.97. The van der Waals surface area contributed by atoms with E-state index in [1.807, 2.05) is 11.4 Å². The molecule has 0 amide bonds. The van der Waals surface area contributed by atoms with E-state index in [2.05, 4.69) is 22.0 Å². The van der Waals surface area contributed by atoms with Crippen molar-refractivity contribution >= 4 is 27.3 Å². The Kier molecular flexibility index (Phi) is 2.91. The molecule has 10 heavy (non-hydrogen) atoms. The highest BCUT2D eigenvalue weighted by atomic mass is 79.9. The first-order chi connectivity index (χ1) is 4.84. The number of nitriles is 1. The number of rotatable bonds is 2. The van der Waals surface area contributed by atoms with E-state index in [0.717, 1.165) is 10.9 Å². The van der Waals surface area contributed by atoms with Crippen LogP contribution in [0.4, 0.5) is 0 Å². The van der Waals surface area contributed by atoms with Crippen molar-refractivity contribution in [3.8, 4) is 6.07 Å². The molecule has 0 aliphatic rings. The van der Waals surface area contributed by atoms with E-state index in [4.69, 9.17) is 5.26 Å². The summed E-state index contributed by atoms with van der Waals surface area (Å²) in [5, 5.41) is 10.3. The standard InChI is InChI=1S/C7H6BrNS/c8-6-3-5-10-7(6)2-1-4-9/h3,5H,1-2H2. The van der Waals surface area contributed by atoms with Crippen molar-refractivity contribution in [2.24, 2.45) is 0 Å². The molecule has 1 aromatic rings. The summed E-state index contributed by atoms with van der Waals surface area (Å²) in [7, 11) is 0. The van der Waals surface area contributed by atoms with Crippen molar-refractivity contribution < 1.29 is 0 Å². The van der Waals surface area contributed by atoms with Crippen LogP contribution in [0, 0.1) is 11.3 Å². The van der Waals surface area contributed by atoms with Crippen LogP contribution in [-0.4, -0.2) is 0 Å². The van der Waals surface area contributed by atoms with Crippen molar-refractivity contribution in [1.29, 1.82) is 5.26 Å². The number of aryl methyl sites for hydroxylation is 1. The van der Waals surface area contributed by atoms with Gasteiger partial charge in [0.2, 0.25) is 0 Å². The first-order valence-electron chi connectivity index (χ1n) is 2.93. The van der Waals surface area contributed by atoms with Crippen LogP contribution >= 0.6 is 27.3 Å². The van der Waals surface area contributed by atoms with Gasteiger partial charge in [0.15, 0.2) is 0 Å². The lowest BCUT2D eigenvalue weighted by Crippen LogP contribution is -1.76. The van der Waals surface area contributed by atoms with Crippen LogP contribution in [0.5, 0.6) is 0 Å². The molecule has 0 saturated carbocycles. The van der Waals surface area contributed by atoms with Gasteiger partial charge in [-0.1, -0.05) is 0 Å². The van der Waals surface area contributed by atoms with Crippen LogP contribution in [0.15, 0.2) is 15.9 Å². The van der Waals surface area contributed by atoms with Gasteiger partial charge < -0.3 is 0 Å². The molecule has 0 fully saturated rings. The quantitative estimate of drug-likeness (QED) is 0.745. The highest BCUT2D eigenvalue weighted by molar-refractivity contribution is 9.10. The van der Waals surface area contributed by atoms with Gasteiger partial charge in [-0.2, -0.15) is 5.26 Å². The first-order valence-corrected chi connectivity index (χ1v) is 4.60. The maximum atomic E-state index is 8.30. The molecule has 3 heteroatoms. The van der Waals surface area contributed by atoms with Crippen molar-refractivity contribution in [3.05, 3.63) is 20.8 Å². The lowest BCUT2D eigenvalue weighted by molar-refractivity contribution is 1.03. The van der Waals surface area contributed by atoms with Gasteiger partial charge in [0.1, 0.15) is 0 Å². The molecule has 0 radical (unpaired) electrons. The van der Waals surface area contributed by atoms with Gasteiger partial charge >= 0.3 is 0 Å². The maximum Gasteiger partial charge on any atom is 0.0625 e. The van der Waals surface area contributed by atoms with E-state index in [0.29, 0.717) is 6.42 Å². The Morgan fingerprint density at radius 1 is 1.70 bits per heavy atom. The van der Waals surface area contributed by atoms with Gasteiger partial charge in [-0.15, -0.1) is 11.3 Å². The van der Waals surface area contributed by atoms with Crippen LogP contribution in [-0.2, 0) is 6.42 Å². The minimum absolute atomic E-state index is 0.610. The Labute approximate surface area is 72.4 Å². The van der Waals surface area contributed by atoms with E-state index in [1.165, 1.54) is 4.88 Å². The smallest absolute Gasteiger partial charge is 0.0625 e. The molecule has 0 atom stereocenters. The molecule has 0 saturated heterocycles. The van der Waals surface area contributed by atoms with Gasteiger partial charge in [-0.3, -0.25) is 0 Å². The van der Waals surface area contributed by atoms with Crippen LogP contribution in [0.2, 0.25) is 0 Å². The zero-order chi connectivity index (χ0) is 7.40. The van der Waals surface area contributed by atoms with Gasteiger partial charge in [0.05, 0.1) is 6.07 Å². The number of thiophene rings is 1. The SMILES string of the molecule is N#CCCc1sccc1Br. The van der Waals surface area contributed by atoms with Gasteiger partial charge in [0, 0.05) is 15.8 Å². The summed E-state index contributed by atoms with van der Waals surface area (Å²) in [6, 6.07) is 4.13. The minimum atomic E-state index is 0.610. The third-order valence-corrected chi connectivity index (χ3v) is 3.14. The van der Waals surface area contributed by atoms with Crippen molar-refractivity contribution in [2.45, 2.75) is 12.8 Å². The summed E-state index contributed by atoms with van der Waals surface area (Å²) < 4.78 is 1.13. The summed E-state index contributed by atoms with van der Waals surface area (Å²) in [6.07, 6.45) is 1.48. The van der Waals surface area contributed by atoms with E-state index < -0.39 is 0 Å². The summed E-state index contributed by atoms with van der Waals surface area (Å²) in [4.78, 5) is 1.27. The van der Waals surface area contributed by atoms with E-state index >= 15 is 0 Å². The third-order valence-electron chi connectivity index (χ3n) is 1.15. The average Bonchev–Trinajstić information content (AvgIpc) is 2.31. The van der Waals surface area contributed by atoms with E-state index in [1.54, 1.807) is 11.3 Å². The minimum Gasteiger partial charge on any atom is -0.198 e. The molecule has 0 aliphatic heterocycles. The largest absolute Gasteiger partial charge is 0.198 e. The molecular weight excluding hydrogens is 210 g/mol. The van der Waals surface area contributed by atoms with Crippen LogP contribution in [0.3, 0.4) is 0 Å². The zero-order valence-electron chi connectivity index (χ0n) is 5.30. The average molecular weight is 216 g/mol. The molecule has 1 heterocycles. The molecule has 1 aromatic heterocycles. The number of halogens is 1. The van der Waals surface area contributed by atoms with Crippen molar-refractivity contribution in [3.63, 3.8) is 0 Å². The number of hydrogen-bond acceptors (Lipinski definition) is 2. The molecule has 0 spiro atoms. The molecular formula is C7H6BrNS. The Morgan fingerprint density at radius 3 is 3.00 bits per heavy atom. The second kappa shape index (κ2) is 3.75.